The molecule has 8 nitrogen and oxygen atoms in total. The molecule has 1 N–H and O–H groups in total. The predicted molar refractivity (Wildman–Crippen MR) is 79.9 cm³/mol. The zero-order chi connectivity index (χ0) is 18.6. The van der Waals surface area contributed by atoms with Crippen molar-refractivity contribution in [3.63, 3.8) is 0 Å². The van der Waals surface area contributed by atoms with Gasteiger partial charge in [-0.3, -0.25) is 9.63 Å². The van der Waals surface area contributed by atoms with Crippen LogP contribution < -0.4 is 0 Å². The van der Waals surface area contributed by atoms with Crippen LogP contribution in [0.15, 0.2) is 36.1 Å². The van der Waals surface area contributed by atoms with E-state index in [0.717, 1.165) is 11.1 Å². The molecule has 9 heteroatoms. The maximum Gasteiger partial charge on any atom is 0.377 e. The largest absolute Gasteiger partial charge is 0.479 e. The summed E-state index contributed by atoms with van der Waals surface area (Å²) < 4.78 is 23.0. The van der Waals surface area contributed by atoms with E-state index in [1.54, 1.807) is 0 Å². The summed E-state index contributed by atoms with van der Waals surface area (Å²) >= 11 is 0. The Morgan fingerprint density at radius 2 is 1.92 bits per heavy atom. The fourth-order valence-electron chi connectivity index (χ4n) is 1.95. The Hall–Kier alpha value is -2.94. The van der Waals surface area contributed by atoms with Gasteiger partial charge in [-0.15, -0.1) is 0 Å². The minimum absolute atomic E-state index is 0.158. The minimum Gasteiger partial charge on any atom is -0.479 e. The molecule has 0 radical (unpaired) electrons. The molecule has 2 rings (SSSR count). The Morgan fingerprint density at radius 1 is 1.28 bits per heavy atom. The zero-order valence-corrected chi connectivity index (χ0v) is 13.5. The first-order chi connectivity index (χ1) is 11.7. The van der Waals surface area contributed by atoms with Crippen LogP contribution in [0.5, 0.6) is 0 Å². The van der Waals surface area contributed by atoms with Crippen molar-refractivity contribution in [2.24, 2.45) is 0 Å². The molecule has 0 spiro atoms. The lowest BCUT2D eigenvalue weighted by Gasteiger charge is -2.20. The number of aliphatic carboxylic acids is 1. The molecule has 0 aromatic heterocycles. The van der Waals surface area contributed by atoms with Gasteiger partial charge in [0, 0.05) is 13.8 Å². The molecule has 0 bridgehead atoms. The van der Waals surface area contributed by atoms with Crippen molar-refractivity contribution in [1.29, 1.82) is 0 Å². The quantitative estimate of drug-likeness (QED) is 0.468. The Labute approximate surface area is 142 Å². The number of carbonyl (C=O) groups excluding carboxylic acids is 2. The lowest BCUT2D eigenvalue weighted by Crippen LogP contribution is -2.32. The molecule has 1 aromatic carbocycles. The number of benzene rings is 1. The van der Waals surface area contributed by atoms with Crippen molar-refractivity contribution >= 4 is 17.8 Å². The number of hydroxylamine groups is 2. The van der Waals surface area contributed by atoms with Crippen LogP contribution in [0.25, 0.3) is 0 Å². The van der Waals surface area contributed by atoms with Gasteiger partial charge >= 0.3 is 11.9 Å². The molecule has 134 valence electrons. The summed E-state index contributed by atoms with van der Waals surface area (Å²) in [5.41, 5.74) is 0.494. The van der Waals surface area contributed by atoms with Crippen molar-refractivity contribution in [3.8, 4) is 0 Å². The van der Waals surface area contributed by atoms with Crippen LogP contribution >= 0.6 is 0 Å². The second-order valence-electron chi connectivity index (χ2n) is 5.57. The molecule has 25 heavy (non-hydrogen) atoms. The number of hydrogen-bond donors (Lipinski definition) is 1. The fourth-order valence-corrected chi connectivity index (χ4v) is 1.95. The van der Waals surface area contributed by atoms with Crippen LogP contribution in [0.3, 0.4) is 0 Å². The van der Waals surface area contributed by atoms with Gasteiger partial charge in [-0.2, -0.15) is 0 Å². The molecule has 1 amide bonds. The highest BCUT2D eigenvalue weighted by atomic mass is 19.1. The number of carbonyl (C=O) groups is 3. The maximum absolute atomic E-state index is 13.0. The van der Waals surface area contributed by atoms with Gasteiger partial charge in [0.1, 0.15) is 5.82 Å². The molecule has 1 aromatic rings. The highest BCUT2D eigenvalue weighted by molar-refractivity contribution is 5.97. The molecule has 0 aliphatic carbocycles. The van der Waals surface area contributed by atoms with Crippen molar-refractivity contribution < 1.29 is 38.2 Å². The summed E-state index contributed by atoms with van der Waals surface area (Å²) in [5.74, 6) is -4.92. The smallest absolute Gasteiger partial charge is 0.377 e. The number of amides is 1. The SMILES string of the molecule is CC1(C)OC(=O)C(=CC(=O)N(Cc2ccc(F)cc2)OCC(=O)O)O1. The average Bonchev–Trinajstić information content (AvgIpc) is 2.77. The number of cyclic esters (lactones) is 1. The van der Waals surface area contributed by atoms with Crippen molar-refractivity contribution in [2.75, 3.05) is 6.61 Å². The lowest BCUT2D eigenvalue weighted by molar-refractivity contribution is -0.192. The number of hydrogen-bond acceptors (Lipinski definition) is 6. The van der Waals surface area contributed by atoms with Gasteiger partial charge < -0.3 is 14.6 Å². The number of rotatable bonds is 6. The normalized spacial score (nSPS) is 17.1. The van der Waals surface area contributed by atoms with Gasteiger partial charge in [-0.1, -0.05) is 12.1 Å². The molecule has 0 unspecified atom stereocenters. The number of halogens is 1. The second-order valence-corrected chi connectivity index (χ2v) is 5.57. The van der Waals surface area contributed by atoms with E-state index < -0.39 is 36.1 Å². The molecular weight excluding hydrogens is 337 g/mol. The standard InChI is InChI=1S/C16H16FNO7/c1-16(2)24-12(15(22)25-16)7-13(19)18(23-9-14(20)21)8-10-3-5-11(17)6-4-10/h3-7H,8-9H2,1-2H3,(H,20,21). The topological polar surface area (TPSA) is 102 Å². The maximum atomic E-state index is 13.0. The van der Waals surface area contributed by atoms with Crippen LogP contribution in [0, 0.1) is 5.82 Å². The van der Waals surface area contributed by atoms with E-state index in [4.69, 9.17) is 19.4 Å². The first kappa shape index (κ1) is 18.4. The molecule has 1 saturated heterocycles. The van der Waals surface area contributed by atoms with Gasteiger partial charge in [-0.25, -0.2) is 19.0 Å². The Morgan fingerprint density at radius 3 is 2.44 bits per heavy atom. The third-order valence-corrected chi connectivity index (χ3v) is 2.98. The molecular formula is C16H16FNO7. The van der Waals surface area contributed by atoms with Crippen molar-refractivity contribution in [3.05, 3.63) is 47.5 Å². The molecule has 1 aliphatic heterocycles. The van der Waals surface area contributed by atoms with Gasteiger partial charge in [0.15, 0.2) is 6.61 Å². The number of esters is 1. The van der Waals surface area contributed by atoms with E-state index in [0.29, 0.717) is 5.56 Å². The van der Waals surface area contributed by atoms with Crippen LogP contribution in [-0.2, 0) is 35.2 Å². The monoisotopic (exact) mass is 353 g/mol. The molecule has 0 saturated carbocycles. The van der Waals surface area contributed by atoms with Gasteiger partial charge in [0.25, 0.3) is 5.91 Å². The summed E-state index contributed by atoms with van der Waals surface area (Å²) in [4.78, 5) is 39.6. The Balaban J connectivity index is 2.16. The summed E-state index contributed by atoms with van der Waals surface area (Å²) in [5, 5.41) is 9.45. The third-order valence-electron chi connectivity index (χ3n) is 2.98. The third kappa shape index (κ3) is 5.28. The van der Waals surface area contributed by atoms with E-state index in [1.807, 2.05) is 0 Å². The van der Waals surface area contributed by atoms with Crippen LogP contribution in [-0.4, -0.2) is 40.4 Å². The highest BCUT2D eigenvalue weighted by Crippen LogP contribution is 2.26. The van der Waals surface area contributed by atoms with E-state index in [1.165, 1.54) is 38.1 Å². The van der Waals surface area contributed by atoms with Crippen LogP contribution in [0.4, 0.5) is 4.39 Å². The first-order valence-electron chi connectivity index (χ1n) is 7.21. The molecule has 1 heterocycles. The number of carboxylic acid groups (broad SMARTS) is 1. The van der Waals surface area contributed by atoms with E-state index in [9.17, 15) is 18.8 Å². The average molecular weight is 353 g/mol. The summed E-state index contributed by atoms with van der Waals surface area (Å²) in [6.45, 7) is 2.06. The summed E-state index contributed by atoms with van der Waals surface area (Å²) in [6, 6.07) is 5.20. The highest BCUT2D eigenvalue weighted by Gasteiger charge is 2.38. The number of ether oxygens (including phenoxy) is 2. The van der Waals surface area contributed by atoms with E-state index in [2.05, 4.69) is 0 Å². The lowest BCUT2D eigenvalue weighted by atomic mass is 10.2. The second kappa shape index (κ2) is 7.31. The van der Waals surface area contributed by atoms with Crippen LogP contribution in [0.1, 0.15) is 19.4 Å². The molecule has 1 aliphatic rings. The fraction of sp³-hybridized carbons (Fsp3) is 0.312. The van der Waals surface area contributed by atoms with E-state index in [-0.39, 0.29) is 12.3 Å². The van der Waals surface area contributed by atoms with Gasteiger partial charge in [0.2, 0.25) is 11.5 Å². The van der Waals surface area contributed by atoms with E-state index >= 15 is 0 Å². The van der Waals surface area contributed by atoms with Gasteiger partial charge in [-0.05, 0) is 17.7 Å². The molecule has 0 atom stereocenters. The Bertz CT molecular complexity index is 712. The van der Waals surface area contributed by atoms with Crippen LogP contribution in [0.2, 0.25) is 0 Å². The summed E-state index contributed by atoms with van der Waals surface area (Å²) in [7, 11) is 0. The number of nitrogens with zero attached hydrogens (tertiary/aromatic N) is 1. The zero-order valence-electron chi connectivity index (χ0n) is 13.5. The minimum atomic E-state index is -1.29. The summed E-state index contributed by atoms with van der Waals surface area (Å²) in [6.07, 6.45) is 0.850. The molecule has 1 fully saturated rings. The first-order valence-corrected chi connectivity index (χ1v) is 7.21. The Kier molecular flexibility index (Phi) is 5.38. The van der Waals surface area contributed by atoms with Gasteiger partial charge in [0.05, 0.1) is 12.6 Å². The van der Waals surface area contributed by atoms with Crippen molar-refractivity contribution in [2.45, 2.75) is 26.2 Å². The number of carboxylic acids is 1. The van der Waals surface area contributed by atoms with Crippen molar-refractivity contribution in [1.82, 2.24) is 5.06 Å². The predicted octanol–water partition coefficient (Wildman–Crippen LogP) is 1.36.